The van der Waals surface area contributed by atoms with Crippen molar-refractivity contribution in [2.24, 2.45) is 0 Å². The highest BCUT2D eigenvalue weighted by atomic mass is 15.5. The maximum atomic E-state index is 4.82. The molecular weight excluding hydrogens is 396 g/mol. The first-order valence-corrected chi connectivity index (χ1v) is 12.8. The van der Waals surface area contributed by atoms with Crippen molar-refractivity contribution in [3.63, 3.8) is 0 Å². The van der Waals surface area contributed by atoms with Crippen LogP contribution in [0.15, 0.2) is 24.3 Å². The molecular formula is C26H38N6. The molecule has 6 heteroatoms. The molecule has 172 valence electrons. The summed E-state index contributed by atoms with van der Waals surface area (Å²) in [7, 11) is 0. The third-order valence-corrected chi connectivity index (χ3v) is 6.40. The molecule has 0 aliphatic rings. The number of hydrogen-bond donors (Lipinski definition) is 0. The van der Waals surface area contributed by atoms with Crippen LogP contribution in [0.4, 0.5) is 0 Å². The Morgan fingerprint density at radius 2 is 0.906 bits per heavy atom. The standard InChI is InChI=1S/C26H38N6/c1-3-5-7-9-11-13-19-31-27-23-17-15-22-21(25(23)29-31)16-18-24-26(22)30-32(28-24)20-14-12-10-8-6-4-2/h15-18H,3-14,19-20H2,1-2H3. The SMILES string of the molecule is CCCCCCCCn1nc2ccc3c(ccc4nn(CCCCCCCC)nc43)c2n1. The van der Waals surface area contributed by atoms with Gasteiger partial charge in [0.2, 0.25) is 0 Å². The molecule has 0 saturated heterocycles. The Labute approximate surface area is 191 Å². The molecule has 0 bridgehead atoms. The number of benzene rings is 2. The van der Waals surface area contributed by atoms with Gasteiger partial charge in [0.1, 0.15) is 22.1 Å². The van der Waals surface area contributed by atoms with Crippen LogP contribution >= 0.6 is 0 Å². The molecule has 0 N–H and O–H groups in total. The molecule has 0 radical (unpaired) electrons. The highest BCUT2D eigenvalue weighted by Gasteiger charge is 2.12. The molecule has 4 rings (SSSR count). The van der Waals surface area contributed by atoms with E-state index in [-0.39, 0.29) is 0 Å². The van der Waals surface area contributed by atoms with Crippen LogP contribution in [0.25, 0.3) is 32.8 Å². The fraction of sp³-hybridized carbons (Fsp3) is 0.615. The molecule has 32 heavy (non-hydrogen) atoms. The number of aromatic nitrogens is 6. The molecule has 0 aliphatic carbocycles. The van der Waals surface area contributed by atoms with E-state index in [4.69, 9.17) is 20.4 Å². The van der Waals surface area contributed by atoms with Crippen molar-refractivity contribution in [3.05, 3.63) is 24.3 Å². The Morgan fingerprint density at radius 1 is 0.500 bits per heavy atom. The Morgan fingerprint density at radius 3 is 1.34 bits per heavy atom. The van der Waals surface area contributed by atoms with Crippen LogP contribution in [-0.2, 0) is 13.1 Å². The summed E-state index contributed by atoms with van der Waals surface area (Å²) in [6, 6.07) is 8.42. The highest BCUT2D eigenvalue weighted by molar-refractivity contribution is 6.13. The maximum absolute atomic E-state index is 4.82. The predicted octanol–water partition coefficient (Wildman–Crippen LogP) is 7.05. The molecule has 0 aliphatic heterocycles. The zero-order valence-corrected chi connectivity index (χ0v) is 19.9. The van der Waals surface area contributed by atoms with Gasteiger partial charge in [-0.1, -0.05) is 78.1 Å². The van der Waals surface area contributed by atoms with Crippen molar-refractivity contribution in [1.29, 1.82) is 0 Å². The molecule has 0 amide bonds. The molecule has 0 unspecified atom stereocenters. The van der Waals surface area contributed by atoms with E-state index in [1.807, 2.05) is 9.59 Å². The lowest BCUT2D eigenvalue weighted by atomic mass is 10.1. The minimum Gasteiger partial charge on any atom is -0.184 e. The van der Waals surface area contributed by atoms with Crippen molar-refractivity contribution < 1.29 is 0 Å². The van der Waals surface area contributed by atoms with Gasteiger partial charge in [-0.3, -0.25) is 0 Å². The zero-order chi connectivity index (χ0) is 22.2. The lowest BCUT2D eigenvalue weighted by Gasteiger charge is -2.00. The van der Waals surface area contributed by atoms with Gasteiger partial charge in [0.05, 0.1) is 13.1 Å². The van der Waals surface area contributed by atoms with Crippen LogP contribution < -0.4 is 0 Å². The van der Waals surface area contributed by atoms with Gasteiger partial charge in [0.15, 0.2) is 0 Å². The van der Waals surface area contributed by atoms with Crippen molar-refractivity contribution in [3.8, 4) is 0 Å². The first kappa shape index (κ1) is 22.7. The molecule has 2 aromatic carbocycles. The number of hydrogen-bond acceptors (Lipinski definition) is 4. The van der Waals surface area contributed by atoms with Crippen molar-refractivity contribution in [2.75, 3.05) is 0 Å². The summed E-state index contributed by atoms with van der Waals surface area (Å²) in [5.41, 5.74) is 3.87. The Kier molecular flexibility index (Phi) is 8.07. The average molecular weight is 435 g/mol. The van der Waals surface area contributed by atoms with E-state index in [9.17, 15) is 0 Å². The normalized spacial score (nSPS) is 11.9. The van der Waals surface area contributed by atoms with E-state index in [0.717, 1.165) is 58.8 Å². The molecule has 2 aromatic heterocycles. The number of fused-ring (bicyclic) bond motifs is 5. The Hall–Kier alpha value is -2.50. The molecule has 6 nitrogen and oxygen atoms in total. The summed E-state index contributed by atoms with van der Waals surface area (Å²) in [6.45, 7) is 6.29. The monoisotopic (exact) mass is 434 g/mol. The van der Waals surface area contributed by atoms with Crippen LogP contribution in [0.1, 0.15) is 90.9 Å². The van der Waals surface area contributed by atoms with Crippen molar-refractivity contribution in [1.82, 2.24) is 30.0 Å². The third-order valence-electron chi connectivity index (χ3n) is 6.40. The lowest BCUT2D eigenvalue weighted by Crippen LogP contribution is -2.02. The second-order valence-corrected chi connectivity index (χ2v) is 9.09. The highest BCUT2D eigenvalue weighted by Crippen LogP contribution is 2.28. The van der Waals surface area contributed by atoms with Gasteiger partial charge in [0.25, 0.3) is 0 Å². The molecule has 0 spiro atoms. The second kappa shape index (κ2) is 11.4. The predicted molar refractivity (Wildman–Crippen MR) is 133 cm³/mol. The quantitative estimate of drug-likeness (QED) is 0.199. The summed E-state index contributed by atoms with van der Waals surface area (Å²) in [4.78, 5) is 3.76. The Balaban J connectivity index is 1.44. The number of rotatable bonds is 14. The number of unbranched alkanes of at least 4 members (excludes halogenated alkanes) is 10. The topological polar surface area (TPSA) is 61.4 Å². The van der Waals surface area contributed by atoms with E-state index in [1.54, 1.807) is 0 Å². The van der Waals surface area contributed by atoms with E-state index < -0.39 is 0 Å². The van der Waals surface area contributed by atoms with Crippen molar-refractivity contribution in [2.45, 2.75) is 104 Å². The molecule has 0 fully saturated rings. The van der Waals surface area contributed by atoms with E-state index in [1.165, 1.54) is 64.2 Å². The molecule has 2 heterocycles. The van der Waals surface area contributed by atoms with Gasteiger partial charge < -0.3 is 0 Å². The van der Waals surface area contributed by atoms with E-state index in [0.29, 0.717) is 0 Å². The van der Waals surface area contributed by atoms with E-state index >= 15 is 0 Å². The number of aryl methyl sites for hydroxylation is 2. The molecule has 4 aromatic rings. The number of nitrogens with zero attached hydrogens (tertiary/aromatic N) is 6. The van der Waals surface area contributed by atoms with Crippen LogP contribution in [0.2, 0.25) is 0 Å². The fourth-order valence-corrected chi connectivity index (χ4v) is 4.51. The largest absolute Gasteiger partial charge is 0.184 e. The average Bonchev–Trinajstić information content (AvgIpc) is 3.42. The van der Waals surface area contributed by atoms with Gasteiger partial charge in [-0.05, 0) is 37.1 Å². The van der Waals surface area contributed by atoms with Gasteiger partial charge in [0, 0.05) is 10.8 Å². The molecule has 0 atom stereocenters. The maximum Gasteiger partial charge on any atom is 0.121 e. The lowest BCUT2D eigenvalue weighted by molar-refractivity contribution is 0.488. The smallest absolute Gasteiger partial charge is 0.121 e. The summed E-state index contributed by atoms with van der Waals surface area (Å²) in [5.74, 6) is 0. The minimum absolute atomic E-state index is 0.888. The second-order valence-electron chi connectivity index (χ2n) is 9.09. The van der Waals surface area contributed by atoms with Crippen molar-refractivity contribution >= 4 is 32.8 Å². The van der Waals surface area contributed by atoms with Crippen LogP contribution in [-0.4, -0.2) is 30.0 Å². The van der Waals surface area contributed by atoms with E-state index in [2.05, 4.69) is 38.1 Å². The molecule has 0 saturated carbocycles. The van der Waals surface area contributed by atoms with Gasteiger partial charge in [-0.25, -0.2) is 0 Å². The Bertz CT molecular complexity index is 1040. The fourth-order valence-electron chi connectivity index (χ4n) is 4.51. The summed E-state index contributed by atoms with van der Waals surface area (Å²) < 4.78 is 0. The third kappa shape index (κ3) is 5.45. The van der Waals surface area contributed by atoms with Gasteiger partial charge in [-0.15, -0.1) is 0 Å². The summed E-state index contributed by atoms with van der Waals surface area (Å²) >= 11 is 0. The minimum atomic E-state index is 0.888. The first-order chi connectivity index (χ1) is 15.8. The summed E-state index contributed by atoms with van der Waals surface area (Å²) in [5, 5.41) is 21.3. The summed E-state index contributed by atoms with van der Waals surface area (Å²) in [6.07, 6.45) is 15.3. The van der Waals surface area contributed by atoms with Gasteiger partial charge in [-0.2, -0.15) is 30.0 Å². The van der Waals surface area contributed by atoms with Crippen LogP contribution in [0.5, 0.6) is 0 Å². The van der Waals surface area contributed by atoms with Crippen LogP contribution in [0.3, 0.4) is 0 Å². The van der Waals surface area contributed by atoms with Crippen LogP contribution in [0, 0.1) is 0 Å². The zero-order valence-electron chi connectivity index (χ0n) is 19.9. The first-order valence-electron chi connectivity index (χ1n) is 12.8. The van der Waals surface area contributed by atoms with Gasteiger partial charge >= 0.3 is 0 Å².